The molecule has 0 aliphatic carbocycles. The summed E-state index contributed by atoms with van der Waals surface area (Å²) in [6.07, 6.45) is 4.36. The SMILES string of the molecule is CCCC1(C)CC2(CCCN3CC2n2cc(C(N)=O)c(=O)cc2C3=O)ON1Cc1c(F)cc(F)cc1F. The van der Waals surface area contributed by atoms with Crippen molar-refractivity contribution in [1.82, 2.24) is 14.5 Å². The number of nitrogens with zero attached hydrogens (tertiary/aromatic N) is 3. The number of primary amides is 1. The number of hydroxylamine groups is 2. The van der Waals surface area contributed by atoms with Crippen LogP contribution in [0.3, 0.4) is 0 Å². The first-order valence-electron chi connectivity index (χ1n) is 12.4. The van der Waals surface area contributed by atoms with E-state index in [1.54, 1.807) is 14.5 Å². The zero-order chi connectivity index (χ0) is 26.7. The normalized spacial score (nSPS) is 27.4. The molecule has 1 spiro atoms. The first-order chi connectivity index (χ1) is 17.5. The predicted molar refractivity (Wildman–Crippen MR) is 127 cm³/mol. The molecule has 0 radical (unpaired) electrons. The van der Waals surface area contributed by atoms with Crippen molar-refractivity contribution in [2.24, 2.45) is 5.73 Å². The predicted octanol–water partition coefficient (Wildman–Crippen LogP) is 3.29. The molecule has 2 aromatic rings. The Balaban J connectivity index is 1.61. The third-order valence-corrected chi connectivity index (χ3v) is 7.99. The molecule has 3 aliphatic rings. The van der Waals surface area contributed by atoms with Crippen LogP contribution in [-0.2, 0) is 11.4 Å². The largest absolute Gasteiger partial charge is 0.365 e. The van der Waals surface area contributed by atoms with Crippen molar-refractivity contribution in [1.29, 1.82) is 0 Å². The van der Waals surface area contributed by atoms with Gasteiger partial charge in [-0.1, -0.05) is 13.3 Å². The number of amides is 2. The minimum absolute atomic E-state index is 0.141. The van der Waals surface area contributed by atoms with Crippen LogP contribution >= 0.6 is 0 Å². The molecule has 3 unspecified atom stereocenters. The topological polar surface area (TPSA) is 97.9 Å². The zero-order valence-electron chi connectivity index (χ0n) is 20.7. The molecule has 3 atom stereocenters. The van der Waals surface area contributed by atoms with Crippen LogP contribution in [0.1, 0.15) is 78.4 Å². The lowest BCUT2D eigenvalue weighted by atomic mass is 9.77. The second-order valence-corrected chi connectivity index (χ2v) is 10.5. The molecule has 2 saturated heterocycles. The summed E-state index contributed by atoms with van der Waals surface area (Å²) in [6.45, 7) is 4.46. The standard InChI is InChI=1S/C26H29F3N4O4/c1-3-5-25(2)14-26(37-33(25)12-16-18(28)8-15(27)9-19(16)29)6-4-7-31-13-22(26)32-11-17(23(30)35)21(34)10-20(32)24(31)36/h8-11,22H,3-7,12-14H2,1-2H3,(H2,30,35). The quantitative estimate of drug-likeness (QED) is 0.655. The van der Waals surface area contributed by atoms with Crippen LogP contribution in [0.25, 0.3) is 0 Å². The first kappa shape index (κ1) is 25.5. The van der Waals surface area contributed by atoms with Gasteiger partial charge in [-0.05, 0) is 26.2 Å². The number of carbonyl (C=O) groups excluding carboxylic acids is 2. The Morgan fingerprint density at radius 1 is 1.19 bits per heavy atom. The van der Waals surface area contributed by atoms with Gasteiger partial charge < -0.3 is 15.2 Å². The molecule has 37 heavy (non-hydrogen) atoms. The average molecular weight is 519 g/mol. The highest BCUT2D eigenvalue weighted by molar-refractivity contribution is 5.96. The Morgan fingerprint density at radius 3 is 2.54 bits per heavy atom. The van der Waals surface area contributed by atoms with Gasteiger partial charge in [0, 0.05) is 55.0 Å². The van der Waals surface area contributed by atoms with Crippen molar-refractivity contribution in [2.45, 2.75) is 69.7 Å². The summed E-state index contributed by atoms with van der Waals surface area (Å²) in [6, 6.07) is 1.96. The molecule has 2 bridgehead atoms. The highest BCUT2D eigenvalue weighted by Gasteiger charge is 2.58. The van der Waals surface area contributed by atoms with E-state index in [9.17, 15) is 27.6 Å². The van der Waals surface area contributed by atoms with Gasteiger partial charge in [-0.25, -0.2) is 13.2 Å². The molecule has 1 aromatic heterocycles. The van der Waals surface area contributed by atoms with Crippen LogP contribution < -0.4 is 11.2 Å². The fourth-order valence-corrected chi connectivity index (χ4v) is 6.30. The zero-order valence-corrected chi connectivity index (χ0v) is 20.7. The molecular formula is C26H29F3N4O4. The van der Waals surface area contributed by atoms with E-state index >= 15 is 0 Å². The average Bonchev–Trinajstić information content (AvgIpc) is 2.98. The van der Waals surface area contributed by atoms with E-state index in [1.165, 1.54) is 6.20 Å². The minimum Gasteiger partial charge on any atom is -0.365 e. The summed E-state index contributed by atoms with van der Waals surface area (Å²) in [5, 5.41) is 1.58. The van der Waals surface area contributed by atoms with Crippen LogP contribution in [0.15, 0.2) is 29.2 Å². The van der Waals surface area contributed by atoms with Crippen molar-refractivity contribution < 1.29 is 27.6 Å². The van der Waals surface area contributed by atoms with E-state index in [0.29, 0.717) is 44.4 Å². The third-order valence-electron chi connectivity index (χ3n) is 7.99. The molecule has 2 amide bonds. The summed E-state index contributed by atoms with van der Waals surface area (Å²) in [7, 11) is 0. The smallest absolute Gasteiger partial charge is 0.270 e. The first-order valence-corrected chi connectivity index (χ1v) is 12.4. The van der Waals surface area contributed by atoms with Crippen LogP contribution in [0.2, 0.25) is 0 Å². The maximum absolute atomic E-state index is 14.6. The molecule has 11 heteroatoms. The van der Waals surface area contributed by atoms with Gasteiger partial charge in [-0.2, -0.15) is 5.06 Å². The Labute approximate surface area is 211 Å². The molecule has 1 aromatic carbocycles. The molecule has 5 rings (SSSR count). The van der Waals surface area contributed by atoms with Crippen LogP contribution in [0, 0.1) is 17.5 Å². The van der Waals surface area contributed by atoms with Crippen molar-refractivity contribution >= 4 is 11.8 Å². The molecule has 198 valence electrons. The Kier molecular flexibility index (Phi) is 6.18. The van der Waals surface area contributed by atoms with E-state index in [4.69, 9.17) is 10.6 Å². The summed E-state index contributed by atoms with van der Waals surface area (Å²) in [5.74, 6) is -4.21. The highest BCUT2D eigenvalue weighted by atomic mass is 19.1. The van der Waals surface area contributed by atoms with Crippen molar-refractivity contribution in [2.75, 3.05) is 13.1 Å². The van der Waals surface area contributed by atoms with Gasteiger partial charge in [0.05, 0.1) is 12.6 Å². The van der Waals surface area contributed by atoms with Crippen LogP contribution in [0.4, 0.5) is 13.2 Å². The van der Waals surface area contributed by atoms with E-state index in [2.05, 4.69) is 0 Å². The van der Waals surface area contributed by atoms with E-state index in [1.807, 2.05) is 13.8 Å². The number of halogens is 3. The van der Waals surface area contributed by atoms with Crippen LogP contribution in [0.5, 0.6) is 0 Å². The summed E-state index contributed by atoms with van der Waals surface area (Å²) in [4.78, 5) is 45.9. The minimum atomic E-state index is -0.999. The molecule has 0 saturated carbocycles. The highest BCUT2D eigenvalue weighted by Crippen LogP contribution is 2.52. The summed E-state index contributed by atoms with van der Waals surface area (Å²) >= 11 is 0. The number of fused-ring (bicyclic) bond motifs is 5. The van der Waals surface area contributed by atoms with Crippen molar-refractivity contribution in [3.8, 4) is 0 Å². The maximum atomic E-state index is 14.6. The lowest BCUT2D eigenvalue weighted by Gasteiger charge is -2.42. The van der Waals surface area contributed by atoms with E-state index < -0.39 is 46.0 Å². The number of hydrogen-bond donors (Lipinski definition) is 1. The molecule has 8 nitrogen and oxygen atoms in total. The number of aromatic nitrogens is 1. The van der Waals surface area contributed by atoms with Gasteiger partial charge in [0.1, 0.15) is 34.3 Å². The number of hydrogen-bond acceptors (Lipinski definition) is 5. The van der Waals surface area contributed by atoms with Gasteiger partial charge in [-0.3, -0.25) is 19.2 Å². The van der Waals surface area contributed by atoms with Gasteiger partial charge in [0.2, 0.25) is 0 Å². The molecule has 4 heterocycles. The van der Waals surface area contributed by atoms with Crippen molar-refractivity contribution in [3.05, 3.63) is 68.9 Å². The third kappa shape index (κ3) is 4.14. The Bertz CT molecular complexity index is 1320. The number of pyridine rings is 1. The molecule has 3 aliphatic heterocycles. The second kappa shape index (κ2) is 8.98. The fraction of sp³-hybridized carbons (Fsp3) is 0.500. The summed E-state index contributed by atoms with van der Waals surface area (Å²) < 4.78 is 44.4. The number of benzene rings is 1. The van der Waals surface area contributed by atoms with E-state index in [-0.39, 0.29) is 35.8 Å². The Morgan fingerprint density at radius 2 is 1.89 bits per heavy atom. The number of nitrogens with two attached hydrogens (primary N) is 1. The number of rotatable bonds is 5. The molecule has 2 N–H and O–H groups in total. The lowest BCUT2D eigenvalue weighted by Crippen LogP contribution is -2.51. The number of carbonyl (C=O) groups is 2. The molecular weight excluding hydrogens is 489 g/mol. The monoisotopic (exact) mass is 518 g/mol. The fourth-order valence-electron chi connectivity index (χ4n) is 6.30. The Hall–Kier alpha value is -3.18. The van der Waals surface area contributed by atoms with Gasteiger partial charge >= 0.3 is 0 Å². The van der Waals surface area contributed by atoms with Crippen LogP contribution in [-0.4, -0.2) is 50.6 Å². The lowest BCUT2D eigenvalue weighted by molar-refractivity contribution is -0.241. The molecule has 2 fully saturated rings. The van der Waals surface area contributed by atoms with E-state index in [0.717, 1.165) is 12.5 Å². The maximum Gasteiger partial charge on any atom is 0.270 e. The second-order valence-electron chi connectivity index (χ2n) is 10.5. The van der Waals surface area contributed by atoms with Gasteiger partial charge in [-0.15, -0.1) is 0 Å². The van der Waals surface area contributed by atoms with Gasteiger partial charge in [0.15, 0.2) is 5.43 Å². The summed E-state index contributed by atoms with van der Waals surface area (Å²) in [5.41, 5.74) is 2.88. The van der Waals surface area contributed by atoms with Crippen molar-refractivity contribution in [3.63, 3.8) is 0 Å². The van der Waals surface area contributed by atoms with Gasteiger partial charge in [0.25, 0.3) is 11.8 Å².